The Morgan fingerprint density at radius 3 is 2.57 bits per heavy atom. The summed E-state index contributed by atoms with van der Waals surface area (Å²) in [6.07, 6.45) is 0. The SMILES string of the molecule is Nc1nc(C2CNC2)nc2n[nH]c(-c3ccc(Oc4ccccc4)cc3F)c12. The molecule has 0 amide bonds. The van der Waals surface area contributed by atoms with Crippen molar-refractivity contribution in [2.75, 3.05) is 18.8 Å². The van der Waals surface area contributed by atoms with Gasteiger partial charge in [0.1, 0.15) is 29.0 Å². The number of anilines is 1. The monoisotopic (exact) mass is 376 g/mol. The molecule has 2 aromatic carbocycles. The number of aromatic amines is 1. The van der Waals surface area contributed by atoms with Crippen LogP contribution in [0.2, 0.25) is 0 Å². The number of fused-ring (bicyclic) bond motifs is 1. The van der Waals surface area contributed by atoms with E-state index in [2.05, 4.69) is 25.5 Å². The van der Waals surface area contributed by atoms with Crippen molar-refractivity contribution in [2.24, 2.45) is 0 Å². The lowest BCUT2D eigenvalue weighted by Crippen LogP contribution is -2.40. The fourth-order valence-electron chi connectivity index (χ4n) is 3.20. The number of halogens is 1. The van der Waals surface area contributed by atoms with Gasteiger partial charge in [-0.15, -0.1) is 0 Å². The quantitative estimate of drug-likeness (QED) is 0.505. The molecule has 0 aliphatic carbocycles. The zero-order valence-electron chi connectivity index (χ0n) is 14.8. The van der Waals surface area contributed by atoms with E-state index in [4.69, 9.17) is 10.5 Å². The minimum absolute atomic E-state index is 0.234. The molecule has 0 spiro atoms. The summed E-state index contributed by atoms with van der Waals surface area (Å²) >= 11 is 0. The summed E-state index contributed by atoms with van der Waals surface area (Å²) in [5.74, 6) is 1.77. The third kappa shape index (κ3) is 2.84. The largest absolute Gasteiger partial charge is 0.457 e. The number of nitrogen functional groups attached to an aromatic ring is 1. The molecule has 0 unspecified atom stereocenters. The van der Waals surface area contributed by atoms with Crippen molar-refractivity contribution >= 4 is 16.9 Å². The molecule has 0 atom stereocenters. The number of aromatic nitrogens is 4. The van der Waals surface area contributed by atoms with Crippen LogP contribution in [0.3, 0.4) is 0 Å². The van der Waals surface area contributed by atoms with Gasteiger partial charge in [0.15, 0.2) is 5.65 Å². The molecule has 1 saturated heterocycles. The maximum Gasteiger partial charge on any atom is 0.187 e. The third-order valence-electron chi connectivity index (χ3n) is 4.79. The first-order chi connectivity index (χ1) is 13.7. The van der Waals surface area contributed by atoms with E-state index >= 15 is 0 Å². The Bertz CT molecular complexity index is 1160. The summed E-state index contributed by atoms with van der Waals surface area (Å²) in [6, 6.07) is 13.9. The van der Waals surface area contributed by atoms with Gasteiger partial charge in [-0.05, 0) is 24.3 Å². The average molecular weight is 376 g/mol. The first-order valence-corrected chi connectivity index (χ1v) is 8.94. The molecule has 2 aromatic heterocycles. The highest BCUT2D eigenvalue weighted by Gasteiger charge is 2.25. The predicted octanol–water partition coefficient (Wildman–Crippen LogP) is 3.22. The summed E-state index contributed by atoms with van der Waals surface area (Å²) in [5.41, 5.74) is 7.38. The van der Waals surface area contributed by atoms with E-state index < -0.39 is 5.82 Å². The number of benzene rings is 2. The Morgan fingerprint density at radius 2 is 1.86 bits per heavy atom. The fourth-order valence-corrected chi connectivity index (χ4v) is 3.20. The van der Waals surface area contributed by atoms with E-state index in [1.807, 2.05) is 30.3 Å². The number of H-pyrrole nitrogens is 1. The normalized spacial score (nSPS) is 14.2. The van der Waals surface area contributed by atoms with Crippen LogP contribution >= 0.6 is 0 Å². The molecule has 4 aromatic rings. The minimum Gasteiger partial charge on any atom is -0.457 e. The number of ether oxygens (including phenoxy) is 1. The Balaban J connectivity index is 1.51. The molecular formula is C20H17FN6O. The van der Waals surface area contributed by atoms with Gasteiger partial charge in [-0.2, -0.15) is 5.10 Å². The lowest BCUT2D eigenvalue weighted by Gasteiger charge is -2.25. The van der Waals surface area contributed by atoms with E-state index in [0.29, 0.717) is 45.4 Å². The van der Waals surface area contributed by atoms with Crippen LogP contribution in [0, 0.1) is 5.82 Å². The van der Waals surface area contributed by atoms with Crippen LogP contribution in [0.1, 0.15) is 11.7 Å². The van der Waals surface area contributed by atoms with Crippen LogP contribution in [0.5, 0.6) is 11.5 Å². The van der Waals surface area contributed by atoms with Crippen LogP contribution in [0.15, 0.2) is 48.5 Å². The van der Waals surface area contributed by atoms with Gasteiger partial charge in [0.05, 0.1) is 11.1 Å². The van der Waals surface area contributed by atoms with Crippen molar-refractivity contribution in [3.05, 3.63) is 60.2 Å². The summed E-state index contributed by atoms with van der Waals surface area (Å²) < 4.78 is 20.5. The summed E-state index contributed by atoms with van der Waals surface area (Å²) in [6.45, 7) is 1.64. The molecule has 0 saturated carbocycles. The molecule has 1 fully saturated rings. The summed E-state index contributed by atoms with van der Waals surface area (Å²) in [4.78, 5) is 8.89. The minimum atomic E-state index is -0.453. The number of para-hydroxylation sites is 1. The lowest BCUT2D eigenvalue weighted by molar-refractivity contribution is 0.431. The zero-order valence-corrected chi connectivity index (χ0v) is 14.8. The number of hydrogen-bond donors (Lipinski definition) is 3. The van der Waals surface area contributed by atoms with Crippen LogP contribution in [-0.2, 0) is 0 Å². The smallest absolute Gasteiger partial charge is 0.187 e. The van der Waals surface area contributed by atoms with Crippen LogP contribution in [0.25, 0.3) is 22.3 Å². The van der Waals surface area contributed by atoms with E-state index in [1.54, 1.807) is 12.1 Å². The maximum absolute atomic E-state index is 14.8. The number of nitrogens with one attached hydrogen (secondary N) is 2. The standard InChI is InChI=1S/C20H17FN6O/c21-15-8-13(28-12-4-2-1-3-5-12)6-7-14(15)17-16-18(22)24-19(11-9-23-10-11)25-20(16)27-26-17/h1-8,11,23H,9-10H2,(H3,22,24,25,26,27). The average Bonchev–Trinajstić information content (AvgIpc) is 3.06. The Labute approximate surface area is 159 Å². The number of hydrogen-bond acceptors (Lipinski definition) is 6. The second kappa shape index (κ2) is 6.58. The van der Waals surface area contributed by atoms with Crippen molar-refractivity contribution in [1.82, 2.24) is 25.5 Å². The fraction of sp³-hybridized carbons (Fsp3) is 0.150. The van der Waals surface area contributed by atoms with E-state index in [9.17, 15) is 4.39 Å². The Kier molecular flexibility index (Phi) is 3.91. The van der Waals surface area contributed by atoms with Crippen molar-refractivity contribution in [1.29, 1.82) is 0 Å². The van der Waals surface area contributed by atoms with Gasteiger partial charge in [-0.1, -0.05) is 18.2 Å². The number of rotatable bonds is 4. The van der Waals surface area contributed by atoms with E-state index in [1.165, 1.54) is 6.07 Å². The highest BCUT2D eigenvalue weighted by Crippen LogP contribution is 2.34. The highest BCUT2D eigenvalue weighted by molar-refractivity contribution is 5.98. The van der Waals surface area contributed by atoms with Crippen molar-refractivity contribution < 1.29 is 9.13 Å². The molecule has 4 N–H and O–H groups in total. The molecular weight excluding hydrogens is 359 g/mol. The van der Waals surface area contributed by atoms with E-state index in [0.717, 1.165) is 13.1 Å². The molecule has 7 nitrogen and oxygen atoms in total. The van der Waals surface area contributed by atoms with Gasteiger partial charge in [0, 0.05) is 30.6 Å². The van der Waals surface area contributed by atoms with Crippen LogP contribution in [0.4, 0.5) is 10.2 Å². The molecule has 28 heavy (non-hydrogen) atoms. The Morgan fingerprint density at radius 1 is 1.04 bits per heavy atom. The second-order valence-electron chi connectivity index (χ2n) is 6.68. The molecule has 5 rings (SSSR count). The van der Waals surface area contributed by atoms with Crippen LogP contribution in [-0.4, -0.2) is 33.3 Å². The van der Waals surface area contributed by atoms with Gasteiger partial charge >= 0.3 is 0 Å². The van der Waals surface area contributed by atoms with Gasteiger partial charge in [0.2, 0.25) is 0 Å². The topological polar surface area (TPSA) is 102 Å². The first-order valence-electron chi connectivity index (χ1n) is 8.94. The van der Waals surface area contributed by atoms with Crippen molar-refractivity contribution in [3.8, 4) is 22.8 Å². The van der Waals surface area contributed by atoms with Gasteiger partial charge in [0.25, 0.3) is 0 Å². The predicted molar refractivity (Wildman–Crippen MR) is 104 cm³/mol. The summed E-state index contributed by atoms with van der Waals surface area (Å²) in [5, 5.41) is 10.8. The third-order valence-corrected chi connectivity index (χ3v) is 4.79. The van der Waals surface area contributed by atoms with E-state index in [-0.39, 0.29) is 5.92 Å². The van der Waals surface area contributed by atoms with Crippen molar-refractivity contribution in [2.45, 2.75) is 5.92 Å². The molecule has 0 radical (unpaired) electrons. The molecule has 140 valence electrons. The second-order valence-corrected chi connectivity index (χ2v) is 6.68. The number of nitrogens with two attached hydrogens (primary N) is 1. The molecule has 0 bridgehead atoms. The zero-order chi connectivity index (χ0) is 19.1. The molecule has 8 heteroatoms. The van der Waals surface area contributed by atoms with Crippen LogP contribution < -0.4 is 15.8 Å². The number of nitrogens with zero attached hydrogens (tertiary/aromatic N) is 3. The van der Waals surface area contributed by atoms with Gasteiger partial charge < -0.3 is 15.8 Å². The lowest BCUT2D eigenvalue weighted by atomic mass is 10.0. The summed E-state index contributed by atoms with van der Waals surface area (Å²) in [7, 11) is 0. The highest BCUT2D eigenvalue weighted by atomic mass is 19.1. The maximum atomic E-state index is 14.8. The first kappa shape index (κ1) is 16.6. The molecule has 1 aliphatic heterocycles. The molecule has 1 aliphatic rings. The molecule has 3 heterocycles. The van der Waals surface area contributed by atoms with Gasteiger partial charge in [-0.3, -0.25) is 5.10 Å². The van der Waals surface area contributed by atoms with Crippen molar-refractivity contribution in [3.63, 3.8) is 0 Å². The van der Waals surface area contributed by atoms with Gasteiger partial charge in [-0.25, -0.2) is 14.4 Å². The Hall–Kier alpha value is -3.52.